The Kier molecular flexibility index (Phi) is 4.23. The van der Waals surface area contributed by atoms with Gasteiger partial charge in [0.1, 0.15) is 0 Å². The van der Waals surface area contributed by atoms with Crippen molar-refractivity contribution >= 4 is 20.4 Å². The van der Waals surface area contributed by atoms with Crippen molar-refractivity contribution in [2.75, 3.05) is 0 Å². The molecule has 1 aromatic rings. The number of benzene rings is 1. The zero-order chi connectivity index (χ0) is 9.68. The Morgan fingerprint density at radius 1 is 1.31 bits per heavy atom. The van der Waals surface area contributed by atoms with Crippen LogP contribution in [-0.4, -0.2) is 0 Å². The SMILES string of the molecule is CC(C)CC=C(Br)c1ccccc1. The monoisotopic (exact) mass is 238 g/mol. The maximum atomic E-state index is 3.58. The molecule has 0 saturated heterocycles. The highest BCUT2D eigenvalue weighted by atomic mass is 79.9. The molecule has 70 valence electrons. The van der Waals surface area contributed by atoms with Crippen molar-refractivity contribution in [3.05, 3.63) is 42.0 Å². The summed E-state index contributed by atoms with van der Waals surface area (Å²) in [7, 11) is 0. The lowest BCUT2D eigenvalue weighted by Crippen LogP contribution is -1.83. The Balaban J connectivity index is 2.68. The molecule has 0 aliphatic rings. The lowest BCUT2D eigenvalue weighted by Gasteiger charge is -2.01. The maximum Gasteiger partial charge on any atom is 0.0207 e. The van der Waals surface area contributed by atoms with Crippen LogP contribution < -0.4 is 0 Å². The van der Waals surface area contributed by atoms with Gasteiger partial charge in [0, 0.05) is 4.48 Å². The lowest BCUT2D eigenvalue weighted by atomic mass is 10.1. The average Bonchev–Trinajstić information content (AvgIpc) is 2.15. The number of hydrogen-bond donors (Lipinski definition) is 0. The summed E-state index contributed by atoms with van der Waals surface area (Å²) in [6.07, 6.45) is 3.36. The molecular formula is C12H15Br. The van der Waals surface area contributed by atoms with Crippen molar-refractivity contribution in [2.24, 2.45) is 5.92 Å². The normalized spacial score (nSPS) is 12.2. The van der Waals surface area contributed by atoms with E-state index in [1.54, 1.807) is 0 Å². The van der Waals surface area contributed by atoms with Crippen LogP contribution in [0.4, 0.5) is 0 Å². The molecule has 13 heavy (non-hydrogen) atoms. The van der Waals surface area contributed by atoms with Crippen molar-refractivity contribution in [3.63, 3.8) is 0 Å². The topological polar surface area (TPSA) is 0 Å². The van der Waals surface area contributed by atoms with Crippen molar-refractivity contribution in [3.8, 4) is 0 Å². The van der Waals surface area contributed by atoms with Gasteiger partial charge in [0.25, 0.3) is 0 Å². The summed E-state index contributed by atoms with van der Waals surface area (Å²) in [5.74, 6) is 0.719. The zero-order valence-electron chi connectivity index (χ0n) is 8.13. The lowest BCUT2D eigenvalue weighted by molar-refractivity contribution is 0.665. The number of halogens is 1. The molecule has 1 aromatic carbocycles. The zero-order valence-corrected chi connectivity index (χ0v) is 9.71. The van der Waals surface area contributed by atoms with E-state index >= 15 is 0 Å². The highest BCUT2D eigenvalue weighted by Crippen LogP contribution is 2.22. The number of rotatable bonds is 3. The number of hydrogen-bond acceptors (Lipinski definition) is 0. The molecule has 0 amide bonds. The Morgan fingerprint density at radius 2 is 1.92 bits per heavy atom. The molecule has 0 spiro atoms. The third-order valence-corrected chi connectivity index (χ3v) is 2.60. The average molecular weight is 239 g/mol. The van der Waals surface area contributed by atoms with Crippen molar-refractivity contribution < 1.29 is 0 Å². The van der Waals surface area contributed by atoms with Crippen molar-refractivity contribution in [1.82, 2.24) is 0 Å². The molecule has 0 N–H and O–H groups in total. The maximum absolute atomic E-state index is 3.58. The fourth-order valence-corrected chi connectivity index (χ4v) is 1.51. The minimum absolute atomic E-state index is 0.719. The van der Waals surface area contributed by atoms with Crippen molar-refractivity contribution in [1.29, 1.82) is 0 Å². The van der Waals surface area contributed by atoms with E-state index < -0.39 is 0 Å². The molecule has 0 radical (unpaired) electrons. The summed E-state index contributed by atoms with van der Waals surface area (Å²) < 4.78 is 1.20. The van der Waals surface area contributed by atoms with Crippen LogP contribution in [0, 0.1) is 5.92 Å². The van der Waals surface area contributed by atoms with E-state index in [2.05, 4.69) is 60.1 Å². The summed E-state index contributed by atoms with van der Waals surface area (Å²) in [4.78, 5) is 0. The molecule has 1 rings (SSSR count). The van der Waals surface area contributed by atoms with Crippen LogP contribution in [0.5, 0.6) is 0 Å². The van der Waals surface area contributed by atoms with E-state index in [-0.39, 0.29) is 0 Å². The van der Waals surface area contributed by atoms with Gasteiger partial charge in [-0.25, -0.2) is 0 Å². The molecule has 0 aliphatic carbocycles. The first-order chi connectivity index (χ1) is 6.20. The smallest absolute Gasteiger partial charge is 0.0207 e. The Bertz CT molecular complexity index is 272. The first kappa shape index (κ1) is 10.5. The standard InChI is InChI=1S/C12H15Br/c1-10(2)8-9-12(13)11-6-4-3-5-7-11/h3-7,9-10H,8H2,1-2H3. The third-order valence-electron chi connectivity index (χ3n) is 1.82. The molecular weight excluding hydrogens is 224 g/mol. The van der Waals surface area contributed by atoms with Gasteiger partial charge in [0.05, 0.1) is 0 Å². The van der Waals surface area contributed by atoms with Crippen LogP contribution >= 0.6 is 15.9 Å². The minimum Gasteiger partial charge on any atom is -0.0694 e. The van der Waals surface area contributed by atoms with E-state index in [1.807, 2.05) is 6.07 Å². The van der Waals surface area contributed by atoms with Crippen LogP contribution in [-0.2, 0) is 0 Å². The summed E-state index contributed by atoms with van der Waals surface area (Å²) >= 11 is 3.58. The highest BCUT2D eigenvalue weighted by Gasteiger charge is 1.96. The molecule has 0 fully saturated rings. The second-order valence-corrected chi connectivity index (χ2v) is 4.40. The number of allylic oxidation sites excluding steroid dienone is 1. The molecule has 0 bridgehead atoms. The first-order valence-electron chi connectivity index (χ1n) is 4.61. The van der Waals surface area contributed by atoms with Gasteiger partial charge in [-0.15, -0.1) is 0 Å². The first-order valence-corrected chi connectivity index (χ1v) is 5.40. The van der Waals surface area contributed by atoms with Gasteiger partial charge in [-0.1, -0.05) is 66.2 Å². The molecule has 0 heterocycles. The Labute approximate surface area is 88.8 Å². The molecule has 0 aromatic heterocycles. The Morgan fingerprint density at radius 3 is 2.46 bits per heavy atom. The summed E-state index contributed by atoms with van der Waals surface area (Å²) in [5.41, 5.74) is 1.25. The summed E-state index contributed by atoms with van der Waals surface area (Å²) in [6.45, 7) is 4.45. The van der Waals surface area contributed by atoms with Crippen LogP contribution in [0.2, 0.25) is 0 Å². The molecule has 0 aliphatic heterocycles. The minimum atomic E-state index is 0.719. The molecule has 0 nitrogen and oxygen atoms in total. The predicted octanol–water partition coefficient (Wildman–Crippen LogP) is 4.47. The molecule has 0 unspecified atom stereocenters. The van der Waals surface area contributed by atoms with Crippen LogP contribution in [0.1, 0.15) is 25.8 Å². The molecule has 0 atom stereocenters. The highest BCUT2D eigenvalue weighted by molar-refractivity contribution is 9.15. The fraction of sp³-hybridized carbons (Fsp3) is 0.333. The van der Waals surface area contributed by atoms with Crippen molar-refractivity contribution in [2.45, 2.75) is 20.3 Å². The van der Waals surface area contributed by atoms with Gasteiger partial charge >= 0.3 is 0 Å². The van der Waals surface area contributed by atoms with Gasteiger partial charge in [0.2, 0.25) is 0 Å². The van der Waals surface area contributed by atoms with E-state index in [9.17, 15) is 0 Å². The second-order valence-electron chi connectivity index (χ2n) is 3.55. The van der Waals surface area contributed by atoms with E-state index in [0.29, 0.717) is 0 Å². The van der Waals surface area contributed by atoms with E-state index in [4.69, 9.17) is 0 Å². The van der Waals surface area contributed by atoms with Gasteiger partial charge in [-0.2, -0.15) is 0 Å². The third kappa shape index (κ3) is 3.77. The molecule has 0 saturated carbocycles. The van der Waals surface area contributed by atoms with E-state index in [0.717, 1.165) is 12.3 Å². The predicted molar refractivity (Wildman–Crippen MR) is 62.8 cm³/mol. The largest absolute Gasteiger partial charge is 0.0694 e. The second kappa shape index (κ2) is 5.23. The quantitative estimate of drug-likeness (QED) is 0.730. The fourth-order valence-electron chi connectivity index (χ4n) is 1.05. The Hall–Kier alpha value is -0.560. The van der Waals surface area contributed by atoms with Gasteiger partial charge in [0.15, 0.2) is 0 Å². The van der Waals surface area contributed by atoms with Gasteiger partial charge in [-0.05, 0) is 17.9 Å². The van der Waals surface area contributed by atoms with E-state index in [1.165, 1.54) is 10.0 Å². The van der Waals surface area contributed by atoms with Crippen LogP contribution in [0.3, 0.4) is 0 Å². The van der Waals surface area contributed by atoms with Gasteiger partial charge < -0.3 is 0 Å². The van der Waals surface area contributed by atoms with Crippen LogP contribution in [0.25, 0.3) is 4.48 Å². The van der Waals surface area contributed by atoms with Crippen LogP contribution in [0.15, 0.2) is 36.4 Å². The molecule has 1 heteroatoms. The summed E-state index contributed by atoms with van der Waals surface area (Å²) in [6, 6.07) is 10.4. The summed E-state index contributed by atoms with van der Waals surface area (Å²) in [5, 5.41) is 0. The van der Waals surface area contributed by atoms with Gasteiger partial charge in [-0.3, -0.25) is 0 Å².